The van der Waals surface area contributed by atoms with Crippen LogP contribution in [0, 0.1) is 0 Å². The molecular formula is C22H20N4O2S. The maximum Gasteiger partial charge on any atom is 0.163 e. The molecule has 0 amide bonds. The van der Waals surface area contributed by atoms with E-state index in [-0.39, 0.29) is 0 Å². The third-order valence-corrected chi connectivity index (χ3v) is 5.97. The molecule has 0 aliphatic carbocycles. The number of hydrogen-bond donors (Lipinski definition) is 1. The molecule has 0 atom stereocenters. The molecule has 5 rings (SSSR count). The van der Waals surface area contributed by atoms with Gasteiger partial charge in [0, 0.05) is 29.4 Å². The van der Waals surface area contributed by atoms with Crippen LogP contribution in [0.2, 0.25) is 0 Å². The molecule has 0 saturated carbocycles. The fourth-order valence-corrected chi connectivity index (χ4v) is 4.26. The fraction of sp³-hybridized carbons (Fsp3) is 0.227. The van der Waals surface area contributed by atoms with E-state index < -0.39 is 0 Å². The van der Waals surface area contributed by atoms with Crippen LogP contribution >= 0.6 is 11.3 Å². The number of hydrogen-bond acceptors (Lipinski definition) is 7. The summed E-state index contributed by atoms with van der Waals surface area (Å²) in [5, 5.41) is 4.56. The Hall–Kier alpha value is -3.19. The minimum atomic E-state index is 0.584. The highest BCUT2D eigenvalue weighted by atomic mass is 32.1. The predicted octanol–water partition coefficient (Wildman–Crippen LogP) is 4.70. The van der Waals surface area contributed by atoms with Crippen molar-refractivity contribution in [2.24, 2.45) is 0 Å². The number of anilines is 1. The fourth-order valence-electron chi connectivity index (χ4n) is 3.29. The van der Waals surface area contributed by atoms with Crippen LogP contribution in [0.25, 0.3) is 21.6 Å². The topological polar surface area (TPSA) is 69.2 Å². The third kappa shape index (κ3) is 3.61. The van der Waals surface area contributed by atoms with Crippen LogP contribution in [0.4, 0.5) is 5.82 Å². The third-order valence-electron chi connectivity index (χ3n) is 4.80. The molecule has 146 valence electrons. The second kappa shape index (κ2) is 7.67. The molecule has 0 saturated heterocycles. The number of nitrogens with zero attached hydrogens (tertiary/aromatic N) is 3. The van der Waals surface area contributed by atoms with E-state index >= 15 is 0 Å². The van der Waals surface area contributed by atoms with Gasteiger partial charge in [-0.2, -0.15) is 0 Å². The van der Waals surface area contributed by atoms with Gasteiger partial charge in [0.1, 0.15) is 23.9 Å². The summed E-state index contributed by atoms with van der Waals surface area (Å²) < 4.78 is 11.3. The Morgan fingerprint density at radius 2 is 1.83 bits per heavy atom. The number of thiophene rings is 1. The first-order valence-electron chi connectivity index (χ1n) is 9.63. The van der Waals surface area contributed by atoms with Gasteiger partial charge in [-0.25, -0.2) is 9.97 Å². The summed E-state index contributed by atoms with van der Waals surface area (Å²) in [5.41, 5.74) is 2.06. The zero-order chi connectivity index (χ0) is 19.6. The van der Waals surface area contributed by atoms with E-state index in [9.17, 15) is 0 Å². The molecule has 1 aromatic carbocycles. The molecule has 4 aromatic rings. The van der Waals surface area contributed by atoms with Crippen LogP contribution in [0.5, 0.6) is 11.5 Å². The standard InChI is InChI=1S/C22H20N4O2S/c1-2-16-12-17-21(24-13-14-3-4-18-19(11-14)28-10-9-27-18)25-20(26-22(17)29-16)15-5-7-23-8-6-15/h3-8,11-12H,2,9-10,13H2,1H3,(H,24,25,26). The summed E-state index contributed by atoms with van der Waals surface area (Å²) in [6.45, 7) is 3.97. The zero-order valence-corrected chi connectivity index (χ0v) is 16.8. The van der Waals surface area contributed by atoms with E-state index in [1.807, 2.05) is 30.3 Å². The maximum absolute atomic E-state index is 5.70. The van der Waals surface area contributed by atoms with Crippen LogP contribution in [0.15, 0.2) is 48.8 Å². The average molecular weight is 404 g/mol. The van der Waals surface area contributed by atoms with Crippen molar-refractivity contribution in [2.75, 3.05) is 18.5 Å². The lowest BCUT2D eigenvalue weighted by Gasteiger charge is -2.19. The zero-order valence-electron chi connectivity index (χ0n) is 16.0. The van der Waals surface area contributed by atoms with Crippen molar-refractivity contribution in [3.05, 3.63) is 59.2 Å². The first kappa shape index (κ1) is 17.9. The highest BCUT2D eigenvalue weighted by Gasteiger charge is 2.14. The van der Waals surface area contributed by atoms with Crippen LogP contribution in [0.3, 0.4) is 0 Å². The molecule has 1 aliphatic heterocycles. The van der Waals surface area contributed by atoms with Crippen molar-refractivity contribution in [2.45, 2.75) is 19.9 Å². The van der Waals surface area contributed by atoms with Crippen molar-refractivity contribution >= 4 is 27.4 Å². The van der Waals surface area contributed by atoms with Crippen LogP contribution in [-0.2, 0) is 13.0 Å². The van der Waals surface area contributed by atoms with Gasteiger partial charge in [0.15, 0.2) is 17.3 Å². The number of aromatic nitrogens is 3. The summed E-state index contributed by atoms with van der Waals surface area (Å²) in [6.07, 6.45) is 4.50. The van der Waals surface area contributed by atoms with E-state index in [1.54, 1.807) is 23.7 Å². The summed E-state index contributed by atoms with van der Waals surface area (Å²) in [4.78, 5) is 16.0. The maximum atomic E-state index is 5.70. The normalized spacial score (nSPS) is 12.9. The summed E-state index contributed by atoms with van der Waals surface area (Å²) in [5.74, 6) is 3.14. The van der Waals surface area contributed by atoms with E-state index in [0.717, 1.165) is 45.1 Å². The van der Waals surface area contributed by atoms with Gasteiger partial charge in [-0.15, -0.1) is 11.3 Å². The Morgan fingerprint density at radius 1 is 1.00 bits per heavy atom. The van der Waals surface area contributed by atoms with E-state index in [0.29, 0.717) is 25.6 Å². The molecule has 7 heteroatoms. The second-order valence-electron chi connectivity index (χ2n) is 6.75. The molecular weight excluding hydrogens is 384 g/mol. The van der Waals surface area contributed by atoms with Crippen LogP contribution in [0.1, 0.15) is 17.4 Å². The van der Waals surface area contributed by atoms with Gasteiger partial charge in [-0.1, -0.05) is 13.0 Å². The molecule has 6 nitrogen and oxygen atoms in total. The van der Waals surface area contributed by atoms with Crippen LogP contribution < -0.4 is 14.8 Å². The molecule has 0 spiro atoms. The highest BCUT2D eigenvalue weighted by molar-refractivity contribution is 7.18. The van der Waals surface area contributed by atoms with E-state index in [4.69, 9.17) is 19.4 Å². The van der Waals surface area contributed by atoms with Crippen molar-refractivity contribution < 1.29 is 9.47 Å². The lowest BCUT2D eigenvalue weighted by atomic mass is 10.2. The Labute approximate surface area is 172 Å². The number of nitrogens with one attached hydrogen (secondary N) is 1. The van der Waals surface area contributed by atoms with E-state index in [2.05, 4.69) is 23.3 Å². The van der Waals surface area contributed by atoms with Crippen molar-refractivity contribution in [1.29, 1.82) is 0 Å². The monoisotopic (exact) mass is 404 g/mol. The Balaban J connectivity index is 1.49. The number of rotatable bonds is 5. The highest BCUT2D eigenvalue weighted by Crippen LogP contribution is 2.33. The lowest BCUT2D eigenvalue weighted by Crippen LogP contribution is -2.15. The van der Waals surface area contributed by atoms with Gasteiger partial charge < -0.3 is 14.8 Å². The van der Waals surface area contributed by atoms with Crippen molar-refractivity contribution in [1.82, 2.24) is 15.0 Å². The summed E-state index contributed by atoms with van der Waals surface area (Å²) in [6, 6.07) is 12.1. The minimum Gasteiger partial charge on any atom is -0.486 e. The first-order chi connectivity index (χ1) is 14.3. The van der Waals surface area contributed by atoms with Gasteiger partial charge in [0.2, 0.25) is 0 Å². The molecule has 1 aliphatic rings. The van der Waals surface area contributed by atoms with Crippen molar-refractivity contribution in [3.8, 4) is 22.9 Å². The Kier molecular flexibility index (Phi) is 4.73. The van der Waals surface area contributed by atoms with Gasteiger partial charge in [-0.3, -0.25) is 4.98 Å². The molecule has 0 unspecified atom stereocenters. The SMILES string of the molecule is CCc1cc2c(NCc3ccc4c(c3)OCCO4)nc(-c3ccncc3)nc2s1. The number of ether oxygens (including phenoxy) is 2. The van der Waals surface area contributed by atoms with Gasteiger partial charge in [0.05, 0.1) is 5.39 Å². The number of aryl methyl sites for hydroxylation is 1. The van der Waals surface area contributed by atoms with Crippen molar-refractivity contribution in [3.63, 3.8) is 0 Å². The average Bonchev–Trinajstić information content (AvgIpc) is 3.21. The van der Waals surface area contributed by atoms with E-state index in [1.165, 1.54) is 4.88 Å². The Morgan fingerprint density at radius 3 is 2.66 bits per heavy atom. The minimum absolute atomic E-state index is 0.584. The molecule has 4 heterocycles. The lowest BCUT2D eigenvalue weighted by molar-refractivity contribution is 0.171. The number of benzene rings is 1. The molecule has 0 bridgehead atoms. The quantitative estimate of drug-likeness (QED) is 0.520. The van der Waals surface area contributed by atoms with Crippen LogP contribution in [-0.4, -0.2) is 28.2 Å². The number of fused-ring (bicyclic) bond motifs is 2. The molecule has 3 aromatic heterocycles. The molecule has 29 heavy (non-hydrogen) atoms. The largest absolute Gasteiger partial charge is 0.486 e. The second-order valence-corrected chi connectivity index (χ2v) is 7.86. The first-order valence-corrected chi connectivity index (χ1v) is 10.4. The predicted molar refractivity (Wildman–Crippen MR) is 115 cm³/mol. The molecule has 0 fully saturated rings. The molecule has 0 radical (unpaired) electrons. The van der Waals surface area contributed by atoms with Gasteiger partial charge >= 0.3 is 0 Å². The smallest absolute Gasteiger partial charge is 0.163 e. The Bertz CT molecular complexity index is 1160. The summed E-state index contributed by atoms with van der Waals surface area (Å²) in [7, 11) is 0. The van der Waals surface area contributed by atoms with Gasteiger partial charge in [0.25, 0.3) is 0 Å². The van der Waals surface area contributed by atoms with Gasteiger partial charge in [-0.05, 0) is 42.3 Å². The summed E-state index contributed by atoms with van der Waals surface area (Å²) >= 11 is 1.72. The molecule has 1 N–H and O–H groups in total. The number of pyridine rings is 1.